The third kappa shape index (κ3) is 2.81. The fraction of sp³-hybridized carbons (Fsp3) is 0.615. The Hall–Kier alpha value is -2.59. The van der Waals surface area contributed by atoms with Crippen LogP contribution in [0.15, 0.2) is 0 Å². The van der Waals surface area contributed by atoms with E-state index in [9.17, 15) is 13.6 Å². The smallest absolute Gasteiger partial charge is 0.410 e. The minimum Gasteiger partial charge on any atom is -0.444 e. The van der Waals surface area contributed by atoms with Crippen LogP contribution in [-0.2, 0) is 24.9 Å². The number of carbonyl (C=O) groups excluding carboxylic acids is 1. The molecule has 0 atom stereocenters. The van der Waals surface area contributed by atoms with E-state index >= 15 is 0 Å². The number of fused-ring (bicyclic) bond motifs is 1. The van der Waals surface area contributed by atoms with E-state index in [4.69, 9.17) is 4.74 Å². The molecule has 0 spiro atoms. The van der Waals surface area contributed by atoms with Crippen LogP contribution in [0.2, 0.25) is 0 Å². The van der Waals surface area contributed by atoms with Crippen molar-refractivity contribution in [2.45, 2.75) is 46.0 Å². The number of hydrogen-bond acceptors (Lipinski definition) is 6. The van der Waals surface area contributed by atoms with Gasteiger partial charge in [0.2, 0.25) is 5.82 Å². The highest BCUT2D eigenvalue weighted by molar-refractivity contribution is 5.69. The highest BCUT2D eigenvalue weighted by Crippen LogP contribution is 2.32. The first-order valence-corrected chi connectivity index (χ1v) is 7.26. The molecule has 24 heavy (non-hydrogen) atoms. The van der Waals surface area contributed by atoms with Gasteiger partial charge in [-0.2, -0.15) is 8.78 Å². The van der Waals surface area contributed by atoms with Gasteiger partial charge in [-0.15, -0.1) is 5.10 Å². The molecule has 0 fully saturated rings. The molecule has 2 aromatic rings. The Morgan fingerprint density at radius 2 is 1.96 bits per heavy atom. The molecule has 2 aromatic heterocycles. The third-order valence-electron chi connectivity index (χ3n) is 3.44. The third-order valence-corrected chi connectivity index (χ3v) is 3.44. The molecule has 0 N–H and O–H groups in total. The summed E-state index contributed by atoms with van der Waals surface area (Å²) < 4.78 is 34.4. The molecule has 11 heteroatoms. The Bertz CT molecular complexity index is 778. The van der Waals surface area contributed by atoms with Gasteiger partial charge in [0.15, 0.2) is 5.82 Å². The maximum absolute atomic E-state index is 13.5. The normalized spacial score (nSPS) is 14.4. The number of rotatable bonds is 2. The summed E-state index contributed by atoms with van der Waals surface area (Å²) in [6, 6.07) is 0. The topological polar surface area (TPSA) is 91.0 Å². The molecular formula is C13H17F2N7O2. The maximum atomic E-state index is 13.5. The summed E-state index contributed by atoms with van der Waals surface area (Å²) in [5, 5.41) is 10.8. The number of amides is 1. The predicted octanol–water partition coefficient (Wildman–Crippen LogP) is 1.72. The lowest BCUT2D eigenvalue weighted by atomic mass is 10.2. The maximum Gasteiger partial charge on any atom is 0.410 e. The Morgan fingerprint density at radius 3 is 2.50 bits per heavy atom. The zero-order chi connectivity index (χ0) is 17.6. The van der Waals surface area contributed by atoms with Gasteiger partial charge in [-0.1, -0.05) is 0 Å². The summed E-state index contributed by atoms with van der Waals surface area (Å²) in [5.41, 5.74) is -0.0151. The van der Waals surface area contributed by atoms with Crippen molar-refractivity contribution in [3.8, 4) is 11.6 Å². The van der Waals surface area contributed by atoms with Gasteiger partial charge >= 0.3 is 12.6 Å². The number of alkyl halides is 2. The van der Waals surface area contributed by atoms with Gasteiger partial charge in [0.05, 0.1) is 24.5 Å². The van der Waals surface area contributed by atoms with Crippen LogP contribution in [0, 0.1) is 0 Å². The lowest BCUT2D eigenvalue weighted by molar-refractivity contribution is 0.0223. The summed E-state index contributed by atoms with van der Waals surface area (Å²) in [7, 11) is 1.54. The molecule has 130 valence electrons. The largest absolute Gasteiger partial charge is 0.444 e. The van der Waals surface area contributed by atoms with Crippen LogP contribution < -0.4 is 0 Å². The molecule has 0 aliphatic carbocycles. The molecule has 9 nitrogen and oxygen atoms in total. The van der Waals surface area contributed by atoms with Crippen LogP contribution >= 0.6 is 0 Å². The van der Waals surface area contributed by atoms with Crippen LogP contribution in [0.1, 0.15) is 38.7 Å². The predicted molar refractivity (Wildman–Crippen MR) is 76.8 cm³/mol. The Morgan fingerprint density at radius 1 is 1.25 bits per heavy atom. The van der Waals surface area contributed by atoms with Gasteiger partial charge in [-0.25, -0.2) is 14.5 Å². The molecule has 0 radical (unpaired) electrons. The molecule has 1 aliphatic rings. The van der Waals surface area contributed by atoms with Crippen LogP contribution in [0.3, 0.4) is 0 Å². The van der Waals surface area contributed by atoms with Crippen molar-refractivity contribution in [2.75, 3.05) is 0 Å². The van der Waals surface area contributed by atoms with Crippen LogP contribution in [0.4, 0.5) is 13.6 Å². The quantitative estimate of drug-likeness (QED) is 0.826. The average molecular weight is 341 g/mol. The summed E-state index contributed by atoms with van der Waals surface area (Å²) in [6.07, 6.45) is -0.566. The fourth-order valence-electron chi connectivity index (χ4n) is 2.47. The van der Waals surface area contributed by atoms with Gasteiger partial charge in [-0.3, -0.25) is 9.47 Å². The molecule has 0 saturated carbocycles. The van der Waals surface area contributed by atoms with Crippen molar-refractivity contribution in [1.29, 1.82) is 0 Å². The molecule has 0 saturated heterocycles. The molecule has 3 heterocycles. The first-order chi connectivity index (χ1) is 11.2. The second kappa shape index (κ2) is 5.49. The van der Waals surface area contributed by atoms with E-state index in [-0.39, 0.29) is 30.4 Å². The number of hydrogen-bond donors (Lipinski definition) is 0. The Kier molecular flexibility index (Phi) is 3.73. The lowest BCUT2D eigenvalue weighted by Gasteiger charge is -2.24. The molecule has 1 aliphatic heterocycles. The van der Waals surface area contributed by atoms with E-state index in [0.717, 1.165) is 4.57 Å². The van der Waals surface area contributed by atoms with Gasteiger partial charge in [0, 0.05) is 7.05 Å². The average Bonchev–Trinajstić information content (AvgIpc) is 3.08. The van der Waals surface area contributed by atoms with Crippen molar-refractivity contribution in [1.82, 2.24) is 34.7 Å². The zero-order valence-corrected chi connectivity index (χ0v) is 13.7. The summed E-state index contributed by atoms with van der Waals surface area (Å²) in [5.74, 6) is 0.111. The molecule has 1 amide bonds. The van der Waals surface area contributed by atoms with Crippen LogP contribution in [0.25, 0.3) is 11.6 Å². The van der Waals surface area contributed by atoms with Crippen molar-refractivity contribution < 1.29 is 18.3 Å². The number of imidazole rings is 1. The monoisotopic (exact) mass is 341 g/mol. The molecule has 0 aromatic carbocycles. The second-order valence-corrected chi connectivity index (χ2v) is 6.44. The van der Waals surface area contributed by atoms with Crippen molar-refractivity contribution in [2.24, 2.45) is 7.05 Å². The number of ether oxygens (including phenoxy) is 1. The minimum absolute atomic E-state index is 0.00708. The second-order valence-electron chi connectivity index (χ2n) is 6.44. The fourth-order valence-corrected chi connectivity index (χ4v) is 2.47. The van der Waals surface area contributed by atoms with E-state index < -0.39 is 18.2 Å². The van der Waals surface area contributed by atoms with E-state index in [2.05, 4.69) is 20.5 Å². The van der Waals surface area contributed by atoms with Gasteiger partial charge < -0.3 is 4.74 Å². The highest BCUT2D eigenvalue weighted by Gasteiger charge is 2.35. The molecule has 3 rings (SSSR count). The summed E-state index contributed by atoms with van der Waals surface area (Å²) in [4.78, 5) is 17.7. The molecular weight excluding hydrogens is 324 g/mol. The first kappa shape index (κ1) is 16.3. The van der Waals surface area contributed by atoms with Crippen molar-refractivity contribution in [3.05, 3.63) is 11.4 Å². The number of carbonyl (C=O) groups is 1. The SMILES string of the molecule is Cn1nnnc1-c1nc2c(n1C(F)F)CN(C(=O)OC(C)(C)C)C2. The summed E-state index contributed by atoms with van der Waals surface area (Å²) >= 11 is 0. The van der Waals surface area contributed by atoms with E-state index in [1.807, 2.05) is 0 Å². The zero-order valence-electron chi connectivity index (χ0n) is 13.7. The van der Waals surface area contributed by atoms with Crippen LogP contribution in [0.5, 0.6) is 0 Å². The summed E-state index contributed by atoms with van der Waals surface area (Å²) in [6.45, 7) is 2.49. The van der Waals surface area contributed by atoms with E-state index in [0.29, 0.717) is 5.69 Å². The van der Waals surface area contributed by atoms with Gasteiger partial charge in [-0.05, 0) is 31.2 Å². The Labute approximate surface area is 136 Å². The Balaban J connectivity index is 1.92. The highest BCUT2D eigenvalue weighted by atomic mass is 19.3. The van der Waals surface area contributed by atoms with E-state index in [1.165, 1.54) is 16.6 Å². The number of aryl methyl sites for hydroxylation is 1. The molecule has 0 bridgehead atoms. The van der Waals surface area contributed by atoms with Crippen LogP contribution in [-0.4, -0.2) is 46.4 Å². The number of tetrazole rings is 1. The minimum atomic E-state index is -2.83. The standard InChI is InChI=1S/C13H17F2N7O2/c1-13(2,3)24-12(23)21-5-7-8(6-21)22(11(14)15)9(16-7)10-17-18-19-20(10)4/h11H,5-6H2,1-4H3. The molecule has 0 unspecified atom stereocenters. The van der Waals surface area contributed by atoms with E-state index in [1.54, 1.807) is 20.8 Å². The number of aromatic nitrogens is 6. The number of nitrogens with zero attached hydrogens (tertiary/aromatic N) is 7. The number of halogens is 2. The van der Waals surface area contributed by atoms with Crippen molar-refractivity contribution >= 4 is 6.09 Å². The van der Waals surface area contributed by atoms with Gasteiger partial charge in [0.1, 0.15) is 5.60 Å². The van der Waals surface area contributed by atoms with Crippen molar-refractivity contribution in [3.63, 3.8) is 0 Å². The lowest BCUT2D eigenvalue weighted by Crippen LogP contribution is -2.33. The first-order valence-electron chi connectivity index (χ1n) is 7.26. The van der Waals surface area contributed by atoms with Gasteiger partial charge in [0.25, 0.3) is 0 Å².